The molecule has 1 fully saturated rings. The lowest BCUT2D eigenvalue weighted by atomic mass is 9.79. The van der Waals surface area contributed by atoms with Gasteiger partial charge in [-0.1, -0.05) is 26.2 Å². The lowest BCUT2D eigenvalue weighted by Gasteiger charge is -2.34. The molecule has 2 heteroatoms. The van der Waals surface area contributed by atoms with Crippen molar-refractivity contribution in [3.8, 4) is 0 Å². The first kappa shape index (κ1) is 14.0. The molecule has 0 aromatic rings. The lowest BCUT2D eigenvalue weighted by molar-refractivity contribution is 0.00382. The fourth-order valence-electron chi connectivity index (χ4n) is 2.39. The van der Waals surface area contributed by atoms with Gasteiger partial charge in [-0.25, -0.2) is 0 Å². The number of rotatable bonds is 8. The van der Waals surface area contributed by atoms with E-state index in [1.165, 1.54) is 32.1 Å². The van der Waals surface area contributed by atoms with E-state index in [4.69, 9.17) is 4.74 Å². The molecule has 16 heavy (non-hydrogen) atoms. The van der Waals surface area contributed by atoms with Gasteiger partial charge in [0.25, 0.3) is 0 Å². The van der Waals surface area contributed by atoms with E-state index in [2.05, 4.69) is 26.1 Å². The Kier molecular flexibility index (Phi) is 5.77. The zero-order chi connectivity index (χ0) is 12.0. The van der Waals surface area contributed by atoms with Gasteiger partial charge in [0.1, 0.15) is 0 Å². The third-order valence-electron chi connectivity index (χ3n) is 3.82. The fourth-order valence-corrected chi connectivity index (χ4v) is 2.39. The van der Waals surface area contributed by atoms with Crippen molar-refractivity contribution in [2.24, 2.45) is 5.92 Å². The third-order valence-corrected chi connectivity index (χ3v) is 3.82. The Labute approximate surface area is 101 Å². The maximum Gasteiger partial charge on any atom is 0.0637 e. The van der Waals surface area contributed by atoms with Gasteiger partial charge in [-0.2, -0.15) is 0 Å². The van der Waals surface area contributed by atoms with Crippen molar-refractivity contribution in [3.05, 3.63) is 0 Å². The van der Waals surface area contributed by atoms with E-state index in [-0.39, 0.29) is 5.60 Å². The van der Waals surface area contributed by atoms with E-state index in [0.717, 1.165) is 18.9 Å². The van der Waals surface area contributed by atoms with Crippen LogP contribution in [0.25, 0.3) is 0 Å². The monoisotopic (exact) mass is 227 g/mol. The van der Waals surface area contributed by atoms with Gasteiger partial charge in [0.05, 0.1) is 5.60 Å². The Morgan fingerprint density at radius 3 is 2.50 bits per heavy atom. The molecular weight excluding hydrogens is 198 g/mol. The predicted molar refractivity (Wildman–Crippen MR) is 69.7 cm³/mol. The van der Waals surface area contributed by atoms with Crippen molar-refractivity contribution in [2.45, 2.75) is 70.9 Å². The largest absolute Gasteiger partial charge is 0.379 e. The summed E-state index contributed by atoms with van der Waals surface area (Å²) in [5.41, 5.74) is 0.00908. The van der Waals surface area contributed by atoms with Crippen LogP contribution in [-0.2, 0) is 4.74 Å². The molecule has 0 saturated heterocycles. The van der Waals surface area contributed by atoms with Crippen molar-refractivity contribution >= 4 is 0 Å². The van der Waals surface area contributed by atoms with Crippen LogP contribution in [-0.4, -0.2) is 25.3 Å². The minimum atomic E-state index is 0.00908. The number of nitrogens with one attached hydrogen (secondary N) is 1. The van der Waals surface area contributed by atoms with Gasteiger partial charge in [0.15, 0.2) is 0 Å². The Morgan fingerprint density at radius 2 is 2.06 bits per heavy atom. The van der Waals surface area contributed by atoms with Crippen LogP contribution >= 0.6 is 0 Å². The van der Waals surface area contributed by atoms with Crippen molar-refractivity contribution < 1.29 is 4.74 Å². The standard InChI is InChI=1S/C14H29NO/c1-5-9-15-13(10-12-7-6-8-12)11-14(2,3)16-4/h12-13,15H,5-11H2,1-4H3. The highest BCUT2D eigenvalue weighted by Crippen LogP contribution is 2.32. The molecule has 2 nitrogen and oxygen atoms in total. The molecular formula is C14H29NO. The van der Waals surface area contributed by atoms with E-state index in [9.17, 15) is 0 Å². The average Bonchev–Trinajstić information content (AvgIpc) is 2.19. The van der Waals surface area contributed by atoms with Crippen LogP contribution in [0.5, 0.6) is 0 Å². The third kappa shape index (κ3) is 4.84. The average molecular weight is 227 g/mol. The zero-order valence-electron chi connectivity index (χ0n) is 11.5. The van der Waals surface area contributed by atoms with Crippen LogP contribution in [0.2, 0.25) is 0 Å². The molecule has 1 aliphatic carbocycles. The maximum absolute atomic E-state index is 5.54. The first-order chi connectivity index (χ1) is 7.57. The molecule has 0 amide bonds. The molecule has 0 spiro atoms. The topological polar surface area (TPSA) is 21.3 Å². The van der Waals surface area contributed by atoms with Crippen LogP contribution in [0.15, 0.2) is 0 Å². The molecule has 1 N–H and O–H groups in total. The molecule has 0 radical (unpaired) electrons. The summed E-state index contributed by atoms with van der Waals surface area (Å²) in [6.45, 7) is 7.74. The Hall–Kier alpha value is -0.0800. The first-order valence-corrected chi connectivity index (χ1v) is 6.86. The molecule has 0 aromatic heterocycles. The van der Waals surface area contributed by atoms with E-state index < -0.39 is 0 Å². The summed E-state index contributed by atoms with van der Waals surface area (Å²) in [6.07, 6.45) is 8.01. The molecule has 1 atom stereocenters. The van der Waals surface area contributed by atoms with Crippen molar-refractivity contribution in [1.82, 2.24) is 5.32 Å². The molecule has 1 saturated carbocycles. The fraction of sp³-hybridized carbons (Fsp3) is 1.00. The van der Waals surface area contributed by atoms with Crippen LogP contribution in [0.3, 0.4) is 0 Å². The predicted octanol–water partition coefficient (Wildman–Crippen LogP) is 3.36. The van der Waals surface area contributed by atoms with Crippen LogP contribution in [0.4, 0.5) is 0 Å². The zero-order valence-corrected chi connectivity index (χ0v) is 11.5. The van der Waals surface area contributed by atoms with Gasteiger partial charge in [-0.3, -0.25) is 0 Å². The maximum atomic E-state index is 5.54. The van der Waals surface area contributed by atoms with Crippen LogP contribution in [0.1, 0.15) is 59.3 Å². The Bertz CT molecular complexity index is 187. The lowest BCUT2D eigenvalue weighted by Crippen LogP contribution is -2.40. The van der Waals surface area contributed by atoms with Gasteiger partial charge >= 0.3 is 0 Å². The van der Waals surface area contributed by atoms with Gasteiger partial charge in [-0.15, -0.1) is 0 Å². The molecule has 1 aliphatic rings. The molecule has 1 rings (SSSR count). The minimum Gasteiger partial charge on any atom is -0.379 e. The molecule has 0 heterocycles. The number of hydrogen-bond acceptors (Lipinski definition) is 2. The highest BCUT2D eigenvalue weighted by Gasteiger charge is 2.27. The van der Waals surface area contributed by atoms with Gasteiger partial charge < -0.3 is 10.1 Å². The Morgan fingerprint density at radius 1 is 1.38 bits per heavy atom. The Balaban J connectivity index is 2.35. The highest BCUT2D eigenvalue weighted by molar-refractivity contribution is 4.83. The number of methoxy groups -OCH3 is 1. The summed E-state index contributed by atoms with van der Waals surface area (Å²) in [6, 6.07) is 0.639. The van der Waals surface area contributed by atoms with Crippen LogP contribution < -0.4 is 5.32 Å². The molecule has 0 aliphatic heterocycles. The van der Waals surface area contributed by atoms with Gasteiger partial charge in [0, 0.05) is 13.2 Å². The minimum absolute atomic E-state index is 0.00908. The summed E-state index contributed by atoms with van der Waals surface area (Å²) in [7, 11) is 1.82. The summed E-state index contributed by atoms with van der Waals surface area (Å²) < 4.78 is 5.54. The quantitative estimate of drug-likeness (QED) is 0.686. The van der Waals surface area contributed by atoms with E-state index in [0.29, 0.717) is 6.04 Å². The van der Waals surface area contributed by atoms with Gasteiger partial charge in [-0.05, 0) is 45.6 Å². The highest BCUT2D eigenvalue weighted by atomic mass is 16.5. The second kappa shape index (κ2) is 6.61. The van der Waals surface area contributed by atoms with E-state index in [1.54, 1.807) is 0 Å². The summed E-state index contributed by atoms with van der Waals surface area (Å²) in [5, 5.41) is 3.68. The second-order valence-corrected chi connectivity index (χ2v) is 5.85. The molecule has 1 unspecified atom stereocenters. The molecule has 0 bridgehead atoms. The number of ether oxygens (including phenoxy) is 1. The van der Waals surface area contributed by atoms with Crippen molar-refractivity contribution in [2.75, 3.05) is 13.7 Å². The number of hydrogen-bond donors (Lipinski definition) is 1. The van der Waals surface area contributed by atoms with E-state index in [1.807, 2.05) is 7.11 Å². The molecule has 96 valence electrons. The summed E-state index contributed by atoms with van der Waals surface area (Å²) >= 11 is 0. The molecule has 0 aromatic carbocycles. The smallest absolute Gasteiger partial charge is 0.0637 e. The van der Waals surface area contributed by atoms with Crippen molar-refractivity contribution in [3.63, 3.8) is 0 Å². The summed E-state index contributed by atoms with van der Waals surface area (Å²) in [5.74, 6) is 0.974. The van der Waals surface area contributed by atoms with Crippen LogP contribution in [0, 0.1) is 5.92 Å². The normalized spacial score (nSPS) is 19.5. The second-order valence-electron chi connectivity index (χ2n) is 5.85. The SMILES string of the molecule is CCCNC(CC1CCC1)CC(C)(C)OC. The first-order valence-electron chi connectivity index (χ1n) is 6.86. The van der Waals surface area contributed by atoms with E-state index >= 15 is 0 Å². The summed E-state index contributed by atoms with van der Waals surface area (Å²) in [4.78, 5) is 0. The van der Waals surface area contributed by atoms with Gasteiger partial charge in [0.2, 0.25) is 0 Å². The van der Waals surface area contributed by atoms with Crippen molar-refractivity contribution in [1.29, 1.82) is 0 Å².